The third-order valence-corrected chi connectivity index (χ3v) is 6.36. The van der Waals surface area contributed by atoms with Crippen LogP contribution in [0, 0.1) is 5.82 Å². The molecule has 5 rings (SSSR count). The van der Waals surface area contributed by atoms with Gasteiger partial charge in [-0.25, -0.2) is 4.39 Å². The number of benzene rings is 4. The molecule has 1 unspecified atom stereocenters. The van der Waals surface area contributed by atoms with Gasteiger partial charge in [-0.05, 0) is 46.5 Å². The molecule has 0 saturated carbocycles. The van der Waals surface area contributed by atoms with Gasteiger partial charge in [0, 0.05) is 13.1 Å². The zero-order valence-corrected chi connectivity index (χ0v) is 20.7. The third-order valence-electron chi connectivity index (χ3n) is 6.36. The van der Waals surface area contributed by atoms with E-state index in [2.05, 4.69) is 5.32 Å². The molecule has 38 heavy (non-hydrogen) atoms. The van der Waals surface area contributed by atoms with Gasteiger partial charge in [0.25, 0.3) is 0 Å². The smallest absolute Gasteiger partial charge is 0.247 e. The molecule has 1 aliphatic heterocycles. The van der Waals surface area contributed by atoms with Gasteiger partial charge in [0.2, 0.25) is 18.6 Å². The highest BCUT2D eigenvalue weighted by atomic mass is 19.1. The fourth-order valence-corrected chi connectivity index (χ4v) is 4.43. The maximum atomic E-state index is 13.8. The van der Waals surface area contributed by atoms with Gasteiger partial charge >= 0.3 is 0 Å². The molecule has 1 heterocycles. The second-order valence-electron chi connectivity index (χ2n) is 9.03. The van der Waals surface area contributed by atoms with Crippen molar-refractivity contribution < 1.29 is 23.5 Å². The number of carbonyl (C=O) groups is 2. The molecule has 0 bridgehead atoms. The van der Waals surface area contributed by atoms with E-state index in [1.54, 1.807) is 17.0 Å². The average molecular weight is 511 g/mol. The van der Waals surface area contributed by atoms with Crippen LogP contribution in [0.1, 0.15) is 28.3 Å². The topological polar surface area (TPSA) is 67.9 Å². The molecule has 0 saturated heterocycles. The van der Waals surface area contributed by atoms with Crippen LogP contribution in [0.4, 0.5) is 4.39 Å². The van der Waals surface area contributed by atoms with E-state index in [0.29, 0.717) is 17.1 Å². The van der Waals surface area contributed by atoms with E-state index in [9.17, 15) is 14.0 Å². The van der Waals surface area contributed by atoms with Crippen molar-refractivity contribution in [2.45, 2.75) is 25.6 Å². The van der Waals surface area contributed by atoms with Crippen LogP contribution in [-0.4, -0.2) is 23.5 Å². The van der Waals surface area contributed by atoms with E-state index >= 15 is 0 Å². The van der Waals surface area contributed by atoms with E-state index in [0.717, 1.165) is 16.7 Å². The molecule has 6 nitrogen and oxygen atoms in total. The molecule has 192 valence electrons. The van der Waals surface area contributed by atoms with Crippen LogP contribution in [-0.2, 0) is 29.1 Å². The molecule has 1 atom stereocenters. The zero-order valence-electron chi connectivity index (χ0n) is 20.7. The second-order valence-corrected chi connectivity index (χ2v) is 9.03. The summed E-state index contributed by atoms with van der Waals surface area (Å²) in [5, 5.41) is 2.99. The molecular formula is C31H27FN2O4. The first-order valence-electron chi connectivity index (χ1n) is 12.4. The minimum Gasteiger partial charge on any atom is -0.454 e. The fourth-order valence-electron chi connectivity index (χ4n) is 4.43. The molecule has 7 heteroatoms. The van der Waals surface area contributed by atoms with E-state index in [-0.39, 0.29) is 43.9 Å². The first kappa shape index (κ1) is 25.0. The van der Waals surface area contributed by atoms with Crippen molar-refractivity contribution in [1.29, 1.82) is 0 Å². The summed E-state index contributed by atoms with van der Waals surface area (Å²) < 4.78 is 24.4. The number of ether oxygens (including phenoxy) is 2. The summed E-state index contributed by atoms with van der Waals surface area (Å²) in [6.45, 7) is 0.558. The first-order valence-corrected chi connectivity index (χ1v) is 12.4. The highest BCUT2D eigenvalue weighted by Crippen LogP contribution is 2.32. The lowest BCUT2D eigenvalue weighted by atomic mass is 10.0. The van der Waals surface area contributed by atoms with Crippen LogP contribution in [0.2, 0.25) is 0 Å². The number of hydrogen-bond acceptors (Lipinski definition) is 4. The Labute approximate surface area is 220 Å². The highest BCUT2D eigenvalue weighted by molar-refractivity contribution is 5.89. The number of fused-ring (bicyclic) bond motifs is 1. The summed E-state index contributed by atoms with van der Waals surface area (Å²) in [7, 11) is 0. The molecule has 0 fully saturated rings. The Morgan fingerprint density at radius 2 is 1.45 bits per heavy atom. The average Bonchev–Trinajstić information content (AvgIpc) is 3.42. The van der Waals surface area contributed by atoms with Crippen LogP contribution in [0.25, 0.3) is 0 Å². The van der Waals surface area contributed by atoms with Gasteiger partial charge in [0.1, 0.15) is 11.9 Å². The van der Waals surface area contributed by atoms with Crippen molar-refractivity contribution in [1.82, 2.24) is 10.2 Å². The maximum Gasteiger partial charge on any atom is 0.247 e. The quantitative estimate of drug-likeness (QED) is 0.337. The first-order chi connectivity index (χ1) is 18.6. The Bertz CT molecular complexity index is 1390. The number of halogens is 1. The standard InChI is InChI=1S/C31H27FN2O4/c32-26-14-11-23(12-15-26)20-34(29(35)18-22-7-3-1-4-8-22)30(25-9-5-2-6-10-25)31(36)33-19-24-13-16-27-28(17-24)38-21-37-27/h1-17,30H,18-21H2,(H,33,36). The molecule has 4 aromatic carbocycles. The molecule has 2 amide bonds. The lowest BCUT2D eigenvalue weighted by Gasteiger charge is -2.32. The number of nitrogens with one attached hydrogen (secondary N) is 1. The van der Waals surface area contributed by atoms with Gasteiger partial charge in [-0.3, -0.25) is 9.59 Å². The fraction of sp³-hybridized carbons (Fsp3) is 0.161. The summed E-state index contributed by atoms with van der Waals surface area (Å²) in [5.74, 6) is 0.397. The normalized spacial score (nSPS) is 12.6. The van der Waals surface area contributed by atoms with Crippen molar-refractivity contribution in [2.75, 3.05) is 6.79 Å². The SMILES string of the molecule is O=C(NCc1ccc2c(c1)OCO2)C(c1ccccc1)N(Cc1ccc(F)cc1)C(=O)Cc1ccccc1. The van der Waals surface area contributed by atoms with Gasteiger partial charge in [-0.15, -0.1) is 0 Å². The number of carbonyl (C=O) groups excluding carboxylic acids is 2. The summed E-state index contributed by atoms with van der Waals surface area (Å²) in [6.07, 6.45) is 0.126. The predicted molar refractivity (Wildman–Crippen MR) is 141 cm³/mol. The second kappa shape index (κ2) is 11.6. The Hall–Kier alpha value is -4.65. The number of hydrogen-bond donors (Lipinski definition) is 1. The van der Waals surface area contributed by atoms with Crippen LogP contribution in [0.3, 0.4) is 0 Å². The molecular weight excluding hydrogens is 483 g/mol. The maximum absolute atomic E-state index is 13.8. The van der Waals surface area contributed by atoms with Crippen LogP contribution in [0.5, 0.6) is 11.5 Å². The Morgan fingerprint density at radius 3 is 2.18 bits per heavy atom. The largest absolute Gasteiger partial charge is 0.454 e. The molecule has 1 N–H and O–H groups in total. The highest BCUT2D eigenvalue weighted by Gasteiger charge is 2.31. The van der Waals surface area contributed by atoms with Gasteiger partial charge in [0.05, 0.1) is 6.42 Å². The molecule has 0 radical (unpaired) electrons. The van der Waals surface area contributed by atoms with E-state index in [4.69, 9.17) is 9.47 Å². The Balaban J connectivity index is 1.44. The Morgan fingerprint density at radius 1 is 0.789 bits per heavy atom. The number of rotatable bonds is 9. The number of nitrogens with zero attached hydrogens (tertiary/aromatic N) is 1. The monoisotopic (exact) mass is 510 g/mol. The van der Waals surface area contributed by atoms with Crippen molar-refractivity contribution in [3.05, 3.63) is 131 Å². The minimum absolute atomic E-state index is 0.126. The van der Waals surface area contributed by atoms with E-state index < -0.39 is 6.04 Å². The number of amides is 2. The van der Waals surface area contributed by atoms with Gasteiger partial charge in [0.15, 0.2) is 11.5 Å². The predicted octanol–water partition coefficient (Wildman–Crippen LogP) is 5.18. The molecule has 0 spiro atoms. The summed E-state index contributed by atoms with van der Waals surface area (Å²) in [6, 6.07) is 29.2. The minimum atomic E-state index is -0.897. The van der Waals surface area contributed by atoms with Crippen LogP contribution < -0.4 is 14.8 Å². The zero-order chi connectivity index (χ0) is 26.3. The lowest BCUT2D eigenvalue weighted by molar-refractivity contribution is -0.141. The summed E-state index contributed by atoms with van der Waals surface area (Å²) in [4.78, 5) is 29.1. The summed E-state index contributed by atoms with van der Waals surface area (Å²) in [5.41, 5.74) is 3.08. The van der Waals surface area contributed by atoms with Crippen molar-refractivity contribution in [3.63, 3.8) is 0 Å². The molecule has 1 aliphatic rings. The van der Waals surface area contributed by atoms with E-state index in [1.165, 1.54) is 12.1 Å². The van der Waals surface area contributed by atoms with Crippen molar-refractivity contribution in [2.24, 2.45) is 0 Å². The molecule has 0 aromatic heterocycles. The van der Waals surface area contributed by atoms with Crippen molar-refractivity contribution >= 4 is 11.8 Å². The van der Waals surface area contributed by atoms with Gasteiger partial charge in [-0.2, -0.15) is 0 Å². The lowest BCUT2D eigenvalue weighted by Crippen LogP contribution is -2.43. The third kappa shape index (κ3) is 6.00. The summed E-state index contributed by atoms with van der Waals surface area (Å²) >= 11 is 0. The van der Waals surface area contributed by atoms with Crippen LogP contribution >= 0.6 is 0 Å². The Kier molecular flexibility index (Phi) is 7.64. The van der Waals surface area contributed by atoms with E-state index in [1.807, 2.05) is 78.9 Å². The van der Waals surface area contributed by atoms with Crippen LogP contribution in [0.15, 0.2) is 103 Å². The van der Waals surface area contributed by atoms with Crippen molar-refractivity contribution in [3.8, 4) is 11.5 Å². The molecule has 0 aliphatic carbocycles. The van der Waals surface area contributed by atoms with Gasteiger partial charge < -0.3 is 19.7 Å². The molecule has 4 aromatic rings. The van der Waals surface area contributed by atoms with Gasteiger partial charge in [-0.1, -0.05) is 78.9 Å².